The van der Waals surface area contributed by atoms with Crippen LogP contribution in [0.2, 0.25) is 5.02 Å². The Hall–Kier alpha value is -2.64. The zero-order valence-corrected chi connectivity index (χ0v) is 18.4. The van der Waals surface area contributed by atoms with Gasteiger partial charge in [-0.2, -0.15) is 0 Å². The van der Waals surface area contributed by atoms with E-state index in [2.05, 4.69) is 9.88 Å². The second-order valence-corrected chi connectivity index (χ2v) is 7.85. The molecule has 2 heterocycles. The maximum Gasteiger partial charge on any atom is 0.271 e. The summed E-state index contributed by atoms with van der Waals surface area (Å²) in [5.41, 5.74) is 1.46. The molecule has 0 radical (unpaired) electrons. The van der Waals surface area contributed by atoms with Crippen LogP contribution in [0.1, 0.15) is 26.5 Å². The number of para-hydroxylation sites is 1. The van der Waals surface area contributed by atoms with E-state index in [0.717, 1.165) is 19.6 Å². The van der Waals surface area contributed by atoms with Crippen LogP contribution < -0.4 is 4.74 Å². The molecule has 0 spiro atoms. The third-order valence-electron chi connectivity index (χ3n) is 5.10. The molecule has 8 heteroatoms. The van der Waals surface area contributed by atoms with Crippen molar-refractivity contribution in [3.63, 3.8) is 0 Å². The lowest BCUT2D eigenvalue weighted by molar-refractivity contribution is 0.0618. The number of pyridine rings is 1. The topological polar surface area (TPSA) is 66.0 Å². The molecule has 0 atom stereocenters. The maximum absolute atomic E-state index is 12.9. The Balaban J connectivity index is 1.50. The second kappa shape index (κ2) is 9.91. The Kier molecular flexibility index (Phi) is 7.29. The quantitative estimate of drug-likeness (QED) is 0.704. The van der Waals surface area contributed by atoms with Crippen molar-refractivity contribution < 1.29 is 14.3 Å². The van der Waals surface area contributed by atoms with Crippen LogP contribution in [0.5, 0.6) is 5.75 Å². The van der Waals surface area contributed by atoms with Gasteiger partial charge in [0, 0.05) is 46.8 Å². The van der Waals surface area contributed by atoms with Gasteiger partial charge < -0.3 is 14.5 Å². The number of carbonyl (C=O) groups is 2. The van der Waals surface area contributed by atoms with Gasteiger partial charge in [-0.3, -0.25) is 14.5 Å². The molecule has 0 unspecified atom stereocenters. The summed E-state index contributed by atoms with van der Waals surface area (Å²) in [7, 11) is 3.36. The molecular formula is C22H27ClN4O3. The smallest absolute Gasteiger partial charge is 0.271 e. The summed E-state index contributed by atoms with van der Waals surface area (Å²) in [5, 5.41) is 0.607. The fourth-order valence-corrected chi connectivity index (χ4v) is 3.52. The second-order valence-electron chi connectivity index (χ2n) is 7.44. The van der Waals surface area contributed by atoms with Crippen molar-refractivity contribution in [2.45, 2.75) is 6.92 Å². The van der Waals surface area contributed by atoms with Crippen molar-refractivity contribution in [1.29, 1.82) is 0 Å². The molecular weight excluding hydrogens is 404 g/mol. The molecule has 3 rings (SSSR count). The van der Waals surface area contributed by atoms with E-state index in [1.54, 1.807) is 39.2 Å². The fraction of sp³-hybridized carbons (Fsp3) is 0.409. The number of amides is 2. The molecule has 2 aromatic rings. The number of piperazine rings is 1. The highest BCUT2D eigenvalue weighted by atomic mass is 35.5. The lowest BCUT2D eigenvalue weighted by Crippen LogP contribution is -2.49. The van der Waals surface area contributed by atoms with Gasteiger partial charge in [0.05, 0.1) is 16.3 Å². The number of hydrogen-bond donors (Lipinski definition) is 0. The van der Waals surface area contributed by atoms with Gasteiger partial charge in [-0.25, -0.2) is 4.98 Å². The zero-order valence-electron chi connectivity index (χ0n) is 17.6. The molecule has 1 saturated heterocycles. The molecule has 1 aliphatic rings. The van der Waals surface area contributed by atoms with Gasteiger partial charge in [0.2, 0.25) is 0 Å². The summed E-state index contributed by atoms with van der Waals surface area (Å²) >= 11 is 6.10. The predicted molar refractivity (Wildman–Crippen MR) is 116 cm³/mol. The van der Waals surface area contributed by atoms with Gasteiger partial charge >= 0.3 is 0 Å². The van der Waals surface area contributed by atoms with Gasteiger partial charge in [-0.1, -0.05) is 23.7 Å². The molecule has 1 aliphatic heterocycles. The summed E-state index contributed by atoms with van der Waals surface area (Å²) in [6.07, 6.45) is 0. The van der Waals surface area contributed by atoms with Crippen molar-refractivity contribution in [1.82, 2.24) is 19.7 Å². The van der Waals surface area contributed by atoms with E-state index in [0.29, 0.717) is 47.4 Å². The minimum absolute atomic E-state index is 0.0455. The molecule has 0 aliphatic carbocycles. The Bertz CT molecular complexity index is 911. The lowest BCUT2D eigenvalue weighted by Gasteiger charge is -2.34. The summed E-state index contributed by atoms with van der Waals surface area (Å²) in [4.78, 5) is 34.9. The summed E-state index contributed by atoms with van der Waals surface area (Å²) in [6, 6.07) is 10.7. The van der Waals surface area contributed by atoms with Crippen LogP contribution in [0.25, 0.3) is 0 Å². The number of aryl methyl sites for hydroxylation is 1. The number of carbonyl (C=O) groups excluding carboxylic acids is 2. The first-order chi connectivity index (χ1) is 14.4. The van der Waals surface area contributed by atoms with Crippen LogP contribution in [0.4, 0.5) is 0 Å². The van der Waals surface area contributed by atoms with Crippen LogP contribution >= 0.6 is 11.6 Å². The van der Waals surface area contributed by atoms with Crippen molar-refractivity contribution in [2.75, 3.05) is 53.4 Å². The standard InChI is InChI=1S/C22H27ClN4O3/c1-16-17(8-9-19(24-16)22(29)25(2)3)21(28)27-12-10-26(11-13-27)14-15-30-20-7-5-4-6-18(20)23/h4-9H,10-15H2,1-3H3. The van der Waals surface area contributed by atoms with E-state index >= 15 is 0 Å². The number of rotatable bonds is 6. The first kappa shape index (κ1) is 22.1. The molecule has 1 fully saturated rings. The summed E-state index contributed by atoms with van der Waals surface area (Å²) in [5.74, 6) is 0.465. The average molecular weight is 431 g/mol. The number of hydrogen-bond acceptors (Lipinski definition) is 5. The van der Waals surface area contributed by atoms with E-state index in [1.807, 2.05) is 23.1 Å². The van der Waals surface area contributed by atoms with Crippen molar-refractivity contribution >= 4 is 23.4 Å². The minimum atomic E-state index is -0.176. The Morgan fingerprint density at radius 2 is 1.80 bits per heavy atom. The Morgan fingerprint density at radius 3 is 2.43 bits per heavy atom. The van der Waals surface area contributed by atoms with E-state index < -0.39 is 0 Å². The fourth-order valence-electron chi connectivity index (χ4n) is 3.33. The largest absolute Gasteiger partial charge is 0.491 e. The first-order valence-corrected chi connectivity index (χ1v) is 10.3. The van der Waals surface area contributed by atoms with Crippen molar-refractivity contribution in [3.8, 4) is 5.75 Å². The molecule has 0 bridgehead atoms. The van der Waals surface area contributed by atoms with Gasteiger partial charge in [-0.15, -0.1) is 0 Å². The molecule has 1 aromatic heterocycles. The van der Waals surface area contributed by atoms with E-state index in [9.17, 15) is 9.59 Å². The van der Waals surface area contributed by atoms with Crippen LogP contribution in [-0.4, -0.2) is 84.9 Å². The van der Waals surface area contributed by atoms with Gasteiger partial charge in [0.1, 0.15) is 18.1 Å². The molecule has 1 aromatic carbocycles. The number of aromatic nitrogens is 1. The molecule has 160 valence electrons. The zero-order chi connectivity index (χ0) is 21.7. The van der Waals surface area contributed by atoms with E-state index in [4.69, 9.17) is 16.3 Å². The van der Waals surface area contributed by atoms with Crippen molar-refractivity contribution in [3.05, 3.63) is 58.4 Å². The Labute approximate surface area is 182 Å². The molecule has 30 heavy (non-hydrogen) atoms. The third kappa shape index (κ3) is 5.29. The highest BCUT2D eigenvalue weighted by Gasteiger charge is 2.24. The van der Waals surface area contributed by atoms with Crippen LogP contribution in [-0.2, 0) is 0 Å². The third-order valence-corrected chi connectivity index (χ3v) is 5.42. The summed E-state index contributed by atoms with van der Waals surface area (Å²) < 4.78 is 5.75. The van der Waals surface area contributed by atoms with Crippen LogP contribution in [0, 0.1) is 6.92 Å². The number of nitrogens with zero attached hydrogens (tertiary/aromatic N) is 4. The van der Waals surface area contributed by atoms with Gasteiger partial charge in [0.15, 0.2) is 0 Å². The first-order valence-electron chi connectivity index (χ1n) is 9.95. The van der Waals surface area contributed by atoms with Gasteiger partial charge in [0.25, 0.3) is 11.8 Å². The van der Waals surface area contributed by atoms with E-state index in [1.165, 1.54) is 4.90 Å². The highest BCUT2D eigenvalue weighted by Crippen LogP contribution is 2.23. The maximum atomic E-state index is 12.9. The van der Waals surface area contributed by atoms with Crippen molar-refractivity contribution in [2.24, 2.45) is 0 Å². The van der Waals surface area contributed by atoms with Gasteiger partial charge in [-0.05, 0) is 31.2 Å². The SMILES string of the molecule is Cc1nc(C(=O)N(C)C)ccc1C(=O)N1CCN(CCOc2ccccc2Cl)CC1. The monoisotopic (exact) mass is 430 g/mol. The lowest BCUT2D eigenvalue weighted by atomic mass is 10.1. The minimum Gasteiger partial charge on any atom is -0.491 e. The predicted octanol–water partition coefficient (Wildman–Crippen LogP) is 2.58. The highest BCUT2D eigenvalue weighted by molar-refractivity contribution is 6.32. The summed E-state index contributed by atoms with van der Waals surface area (Å²) in [6.45, 7) is 5.92. The normalized spacial score (nSPS) is 14.5. The molecule has 0 N–H and O–H groups in total. The molecule has 7 nitrogen and oxygen atoms in total. The van der Waals surface area contributed by atoms with Crippen LogP contribution in [0.15, 0.2) is 36.4 Å². The van der Waals surface area contributed by atoms with E-state index in [-0.39, 0.29) is 11.8 Å². The number of ether oxygens (including phenoxy) is 1. The number of halogens is 1. The molecule has 0 saturated carbocycles. The Morgan fingerprint density at radius 1 is 1.10 bits per heavy atom. The number of benzene rings is 1. The molecule has 2 amide bonds. The van der Waals surface area contributed by atoms with Crippen LogP contribution in [0.3, 0.4) is 0 Å². The average Bonchev–Trinajstić information content (AvgIpc) is 2.74.